The fraction of sp³-hybridized carbons (Fsp3) is 0.300. The van der Waals surface area contributed by atoms with E-state index in [1.54, 1.807) is 0 Å². The standard InChI is InChI=1S/C30H24F9O7P/c31-28(32,33)25(40)16-7-19-1-10-22(11-2-19)44-47(43,45-23-12-3-20(4-13-23)8-17-26(41)29(34,35)36)46-24-14-5-21(6-15-24)9-18-27(42)30(37,38)39/h1-6,10-15H,7-9,16-18H2. The van der Waals surface area contributed by atoms with E-state index in [0.717, 1.165) is 0 Å². The summed E-state index contributed by atoms with van der Waals surface area (Å²) >= 11 is 0. The number of rotatable bonds is 15. The lowest BCUT2D eigenvalue weighted by Crippen LogP contribution is -2.22. The molecule has 0 heterocycles. The maximum Gasteiger partial charge on any atom is 0.647 e. The molecule has 0 fully saturated rings. The lowest BCUT2D eigenvalue weighted by molar-refractivity contribution is -0.171. The van der Waals surface area contributed by atoms with Crippen LogP contribution in [0, 0.1) is 0 Å². The molecule has 0 atom stereocenters. The van der Waals surface area contributed by atoms with Crippen LogP contribution < -0.4 is 13.6 Å². The van der Waals surface area contributed by atoms with E-state index in [2.05, 4.69) is 0 Å². The molecule has 3 rings (SSSR count). The second kappa shape index (κ2) is 15.1. The third-order valence-electron chi connectivity index (χ3n) is 6.29. The van der Waals surface area contributed by atoms with Crippen LogP contribution in [0.25, 0.3) is 0 Å². The third kappa shape index (κ3) is 12.1. The number of phosphoric ester groups is 1. The zero-order valence-electron chi connectivity index (χ0n) is 23.9. The molecule has 0 saturated carbocycles. The molecule has 0 saturated heterocycles. The predicted molar refractivity (Wildman–Crippen MR) is 147 cm³/mol. The van der Waals surface area contributed by atoms with Gasteiger partial charge < -0.3 is 13.6 Å². The summed E-state index contributed by atoms with van der Waals surface area (Å²) in [5.41, 5.74) is 0.933. The van der Waals surface area contributed by atoms with Gasteiger partial charge in [0.25, 0.3) is 0 Å². The van der Waals surface area contributed by atoms with Crippen molar-refractivity contribution in [3.63, 3.8) is 0 Å². The largest absolute Gasteiger partial charge is 0.647 e. The zero-order chi connectivity index (χ0) is 35.0. The molecular weight excluding hydrogens is 674 g/mol. The molecule has 47 heavy (non-hydrogen) atoms. The summed E-state index contributed by atoms with van der Waals surface area (Å²) in [5, 5.41) is 0. The average molecular weight is 698 g/mol. The molecule has 0 bridgehead atoms. The van der Waals surface area contributed by atoms with Crippen LogP contribution >= 0.6 is 7.82 Å². The molecule has 0 aliphatic rings. The number of halogens is 9. The van der Waals surface area contributed by atoms with E-state index >= 15 is 0 Å². The van der Waals surface area contributed by atoms with Crippen LogP contribution in [0.4, 0.5) is 39.5 Å². The zero-order valence-corrected chi connectivity index (χ0v) is 24.8. The fourth-order valence-electron chi connectivity index (χ4n) is 3.79. The van der Waals surface area contributed by atoms with Gasteiger partial charge >= 0.3 is 26.4 Å². The number of carbonyl (C=O) groups excluding carboxylic acids is 3. The van der Waals surface area contributed by atoms with Gasteiger partial charge in [-0.3, -0.25) is 14.4 Å². The van der Waals surface area contributed by atoms with Crippen LogP contribution in [0.2, 0.25) is 0 Å². The highest BCUT2D eigenvalue weighted by molar-refractivity contribution is 7.49. The van der Waals surface area contributed by atoms with E-state index in [1.165, 1.54) is 72.8 Å². The van der Waals surface area contributed by atoms with E-state index in [4.69, 9.17) is 13.6 Å². The number of carbonyl (C=O) groups is 3. The van der Waals surface area contributed by atoms with E-state index in [1.807, 2.05) is 0 Å². The Morgan fingerprint density at radius 2 is 0.660 bits per heavy atom. The average Bonchev–Trinajstić information content (AvgIpc) is 2.98. The minimum Gasteiger partial charge on any atom is -0.386 e. The minimum absolute atomic E-state index is 0.149. The molecule has 3 aromatic rings. The first-order valence-corrected chi connectivity index (χ1v) is 15.0. The normalized spacial score (nSPS) is 12.4. The van der Waals surface area contributed by atoms with E-state index < -0.39 is 63.0 Å². The second-order valence-electron chi connectivity index (χ2n) is 9.92. The number of aryl methyl sites for hydroxylation is 3. The van der Waals surface area contributed by atoms with Gasteiger partial charge in [0.2, 0.25) is 17.3 Å². The first kappa shape index (κ1) is 37.1. The summed E-state index contributed by atoms with van der Waals surface area (Å²) in [4.78, 5) is 33.5. The van der Waals surface area contributed by atoms with Gasteiger partial charge in [0.05, 0.1) is 0 Å². The van der Waals surface area contributed by atoms with Crippen molar-refractivity contribution < 1.29 is 72.0 Å². The van der Waals surface area contributed by atoms with E-state index in [9.17, 15) is 58.5 Å². The third-order valence-corrected chi connectivity index (χ3v) is 7.60. The highest BCUT2D eigenvalue weighted by Gasteiger charge is 2.39. The SMILES string of the molecule is O=C(CCc1ccc(OP(=O)(Oc2ccc(CCC(=O)C(F)(F)F)cc2)Oc2ccc(CCC(=O)C(F)(F)F)cc2)cc1)C(F)(F)F. The summed E-state index contributed by atoms with van der Waals surface area (Å²) < 4.78 is 143. The van der Waals surface area contributed by atoms with Crippen molar-refractivity contribution in [2.24, 2.45) is 0 Å². The molecule has 0 aliphatic carbocycles. The summed E-state index contributed by atoms with van der Waals surface area (Å²) in [6.45, 7) is 0. The lowest BCUT2D eigenvalue weighted by Gasteiger charge is -2.20. The Labute approximate surface area is 261 Å². The van der Waals surface area contributed by atoms with Gasteiger partial charge in [0.1, 0.15) is 17.2 Å². The number of hydrogen-bond donors (Lipinski definition) is 0. The number of phosphoric acid groups is 1. The maximum absolute atomic E-state index is 13.8. The Bertz CT molecular complexity index is 1390. The molecule has 0 spiro atoms. The minimum atomic E-state index is -4.98. The Morgan fingerprint density at radius 1 is 0.447 bits per heavy atom. The summed E-state index contributed by atoms with van der Waals surface area (Å²) in [6.07, 6.45) is -18.2. The molecule has 254 valence electrons. The van der Waals surface area contributed by atoms with Gasteiger partial charge in [-0.15, -0.1) is 0 Å². The van der Waals surface area contributed by atoms with Crippen LogP contribution in [-0.2, 0) is 38.2 Å². The Balaban J connectivity index is 1.76. The molecule has 0 N–H and O–H groups in total. The van der Waals surface area contributed by atoms with Crippen LogP contribution in [0.3, 0.4) is 0 Å². The van der Waals surface area contributed by atoms with Crippen LogP contribution in [0.1, 0.15) is 36.0 Å². The van der Waals surface area contributed by atoms with Crippen molar-refractivity contribution in [3.8, 4) is 17.2 Å². The summed E-state index contributed by atoms with van der Waals surface area (Å²) in [5.74, 6) is -6.20. The topological polar surface area (TPSA) is 96.0 Å². The van der Waals surface area contributed by atoms with Crippen molar-refractivity contribution in [1.82, 2.24) is 0 Å². The molecule has 0 unspecified atom stereocenters. The molecular formula is C30H24F9O7P. The smallest absolute Gasteiger partial charge is 0.386 e. The van der Waals surface area contributed by atoms with Gasteiger partial charge in [-0.2, -0.15) is 44.1 Å². The maximum atomic E-state index is 13.8. The van der Waals surface area contributed by atoms with Gasteiger partial charge in [-0.05, 0) is 72.4 Å². The molecule has 0 amide bonds. The van der Waals surface area contributed by atoms with Crippen molar-refractivity contribution in [3.05, 3.63) is 89.5 Å². The van der Waals surface area contributed by atoms with Crippen LogP contribution in [0.15, 0.2) is 72.8 Å². The highest BCUT2D eigenvalue weighted by Crippen LogP contribution is 2.50. The van der Waals surface area contributed by atoms with Gasteiger partial charge in [-0.25, -0.2) is 0 Å². The van der Waals surface area contributed by atoms with Gasteiger partial charge in [0.15, 0.2) is 0 Å². The number of benzene rings is 3. The Hall–Kier alpha value is -4.33. The second-order valence-corrected chi connectivity index (χ2v) is 11.4. The molecule has 3 aromatic carbocycles. The first-order valence-electron chi connectivity index (χ1n) is 13.5. The quantitative estimate of drug-likeness (QED) is 0.116. The molecule has 0 aromatic heterocycles. The monoisotopic (exact) mass is 698 g/mol. The fourth-order valence-corrected chi connectivity index (χ4v) is 5.04. The van der Waals surface area contributed by atoms with Gasteiger partial charge in [-0.1, -0.05) is 36.4 Å². The molecule has 17 heteroatoms. The first-order chi connectivity index (χ1) is 21.7. The summed E-state index contributed by atoms with van der Waals surface area (Å²) in [7, 11) is -4.70. The lowest BCUT2D eigenvalue weighted by atomic mass is 10.1. The molecule has 0 radical (unpaired) electrons. The van der Waals surface area contributed by atoms with Crippen molar-refractivity contribution in [2.45, 2.75) is 57.1 Å². The van der Waals surface area contributed by atoms with Crippen LogP contribution in [0.5, 0.6) is 17.2 Å². The predicted octanol–water partition coefficient (Wildman–Crippen LogP) is 8.52. The number of Topliss-reactive ketones (excluding diaryl/α,β-unsaturated/α-hetero) is 3. The molecule has 7 nitrogen and oxygen atoms in total. The number of ketones is 3. The Morgan fingerprint density at radius 3 is 0.851 bits per heavy atom. The van der Waals surface area contributed by atoms with E-state index in [0.29, 0.717) is 16.7 Å². The van der Waals surface area contributed by atoms with Gasteiger partial charge in [0, 0.05) is 19.3 Å². The number of hydrogen-bond acceptors (Lipinski definition) is 7. The highest BCUT2D eigenvalue weighted by atomic mass is 31.2. The van der Waals surface area contributed by atoms with Crippen molar-refractivity contribution in [1.29, 1.82) is 0 Å². The summed E-state index contributed by atoms with van der Waals surface area (Å²) in [6, 6.07) is 15.1. The number of alkyl halides is 9. The molecule has 0 aliphatic heterocycles. The van der Waals surface area contributed by atoms with Crippen molar-refractivity contribution in [2.75, 3.05) is 0 Å². The van der Waals surface area contributed by atoms with Crippen LogP contribution in [-0.4, -0.2) is 35.9 Å². The van der Waals surface area contributed by atoms with Crippen molar-refractivity contribution >= 4 is 25.2 Å². The van der Waals surface area contributed by atoms with E-state index in [-0.39, 0.29) is 36.5 Å². The Kier molecular flexibility index (Phi) is 11.9.